The Kier molecular flexibility index (Phi) is 6.49. The molecule has 0 aliphatic carbocycles. The molecule has 23 heavy (non-hydrogen) atoms. The maximum Gasteiger partial charge on any atom is 0.377 e. The molecule has 8 heteroatoms. The van der Waals surface area contributed by atoms with Crippen molar-refractivity contribution in [1.29, 1.82) is 0 Å². The van der Waals surface area contributed by atoms with E-state index in [4.69, 9.17) is 20.9 Å². The predicted octanol–water partition coefficient (Wildman–Crippen LogP) is 2.70. The first-order chi connectivity index (χ1) is 11.0. The summed E-state index contributed by atoms with van der Waals surface area (Å²) in [6.07, 6.45) is 0. The second-order valence-corrected chi connectivity index (χ2v) is 6.17. The van der Waals surface area contributed by atoms with Gasteiger partial charge in [0, 0.05) is 28.3 Å². The number of aromatic nitrogens is 1. The van der Waals surface area contributed by atoms with Crippen LogP contribution in [0.5, 0.6) is 0 Å². The minimum absolute atomic E-state index is 0.0198. The van der Waals surface area contributed by atoms with Crippen LogP contribution in [0.15, 0.2) is 39.8 Å². The van der Waals surface area contributed by atoms with E-state index in [2.05, 4.69) is 10.5 Å². The number of amides is 1. The summed E-state index contributed by atoms with van der Waals surface area (Å²) in [7, 11) is 0. The smallest absolute Gasteiger partial charge is 0.377 e. The highest BCUT2D eigenvalue weighted by molar-refractivity contribution is 7.99. The number of carbonyl (C=O) groups excluding carboxylic acids is 2. The number of ether oxygens (including phenoxy) is 1. The summed E-state index contributed by atoms with van der Waals surface area (Å²) in [6, 6.07) is 8.90. The van der Waals surface area contributed by atoms with Crippen LogP contribution in [0.25, 0.3) is 0 Å². The number of hydrogen-bond acceptors (Lipinski definition) is 6. The molecule has 1 aromatic heterocycles. The number of carbonyl (C=O) groups is 2. The molecule has 0 atom stereocenters. The second-order valence-electron chi connectivity index (χ2n) is 4.56. The van der Waals surface area contributed by atoms with Crippen LogP contribution in [-0.4, -0.2) is 35.9 Å². The number of thioether (sulfide) groups is 1. The number of nitrogens with one attached hydrogen (secondary N) is 1. The van der Waals surface area contributed by atoms with Crippen molar-refractivity contribution in [2.75, 3.05) is 18.9 Å². The number of nitrogens with zero attached hydrogens (tertiary/aromatic N) is 1. The monoisotopic (exact) mass is 354 g/mol. The molecular formula is C15H15ClN2O4S. The van der Waals surface area contributed by atoms with E-state index in [-0.39, 0.29) is 18.3 Å². The summed E-state index contributed by atoms with van der Waals surface area (Å²) in [5.41, 5.74) is 0.570. The van der Waals surface area contributed by atoms with Gasteiger partial charge in [-0.15, -0.1) is 11.8 Å². The van der Waals surface area contributed by atoms with Crippen LogP contribution in [0.3, 0.4) is 0 Å². The highest BCUT2D eigenvalue weighted by Crippen LogP contribution is 2.19. The maximum atomic E-state index is 11.6. The number of esters is 1. The summed E-state index contributed by atoms with van der Waals surface area (Å²) in [4.78, 5) is 24.2. The van der Waals surface area contributed by atoms with Gasteiger partial charge in [-0.3, -0.25) is 4.79 Å². The quantitative estimate of drug-likeness (QED) is 0.467. The molecule has 0 aliphatic heterocycles. The molecule has 2 rings (SSSR count). The topological polar surface area (TPSA) is 81.4 Å². The van der Waals surface area contributed by atoms with Gasteiger partial charge in [-0.25, -0.2) is 4.79 Å². The van der Waals surface area contributed by atoms with Crippen LogP contribution in [0, 0.1) is 6.92 Å². The van der Waals surface area contributed by atoms with Gasteiger partial charge < -0.3 is 14.6 Å². The van der Waals surface area contributed by atoms with Gasteiger partial charge in [0.05, 0.1) is 5.69 Å². The molecular weight excluding hydrogens is 340 g/mol. The van der Waals surface area contributed by atoms with Gasteiger partial charge in [0.25, 0.3) is 5.91 Å². The van der Waals surface area contributed by atoms with E-state index >= 15 is 0 Å². The summed E-state index contributed by atoms with van der Waals surface area (Å²) in [6.45, 7) is 1.79. The third-order valence-corrected chi connectivity index (χ3v) is 3.94. The normalized spacial score (nSPS) is 10.3. The van der Waals surface area contributed by atoms with Crippen LogP contribution >= 0.6 is 23.4 Å². The van der Waals surface area contributed by atoms with Gasteiger partial charge in [-0.1, -0.05) is 16.8 Å². The summed E-state index contributed by atoms with van der Waals surface area (Å²) in [5, 5.41) is 6.93. The molecule has 0 aliphatic rings. The highest BCUT2D eigenvalue weighted by atomic mass is 35.5. The fourth-order valence-corrected chi connectivity index (χ4v) is 2.50. The number of hydrogen-bond donors (Lipinski definition) is 1. The fraction of sp³-hybridized carbons (Fsp3) is 0.267. The lowest BCUT2D eigenvalue weighted by Crippen LogP contribution is -2.30. The number of halogens is 1. The van der Waals surface area contributed by atoms with E-state index in [1.165, 1.54) is 6.07 Å². The van der Waals surface area contributed by atoms with Gasteiger partial charge in [0.2, 0.25) is 5.76 Å². The zero-order chi connectivity index (χ0) is 16.7. The Hall–Kier alpha value is -1.99. The van der Waals surface area contributed by atoms with Crippen LogP contribution in [0.4, 0.5) is 0 Å². The largest absolute Gasteiger partial charge is 0.450 e. The van der Waals surface area contributed by atoms with Gasteiger partial charge in [0.15, 0.2) is 6.61 Å². The average molecular weight is 355 g/mol. The van der Waals surface area contributed by atoms with Crippen molar-refractivity contribution in [3.8, 4) is 0 Å². The van der Waals surface area contributed by atoms with Gasteiger partial charge >= 0.3 is 5.97 Å². The summed E-state index contributed by atoms with van der Waals surface area (Å²) in [5.74, 6) is -0.404. The molecule has 0 unspecified atom stereocenters. The molecule has 2 aromatic rings. The molecule has 0 spiro atoms. The lowest BCUT2D eigenvalue weighted by atomic mass is 10.4. The third kappa shape index (κ3) is 5.96. The minimum atomic E-state index is -0.712. The molecule has 1 N–H and O–H groups in total. The first-order valence-corrected chi connectivity index (χ1v) is 8.16. The number of benzene rings is 1. The zero-order valence-electron chi connectivity index (χ0n) is 12.4. The number of aryl methyl sites for hydroxylation is 1. The van der Waals surface area contributed by atoms with Gasteiger partial charge in [-0.2, -0.15) is 0 Å². The molecule has 0 bridgehead atoms. The lowest BCUT2D eigenvalue weighted by molar-refractivity contribution is -0.124. The van der Waals surface area contributed by atoms with Crippen molar-refractivity contribution >= 4 is 35.2 Å². The minimum Gasteiger partial charge on any atom is -0.450 e. The molecule has 122 valence electrons. The predicted molar refractivity (Wildman–Crippen MR) is 86.7 cm³/mol. The Morgan fingerprint density at radius 3 is 2.74 bits per heavy atom. The third-order valence-electron chi connectivity index (χ3n) is 2.67. The molecule has 0 saturated heterocycles. The molecule has 6 nitrogen and oxygen atoms in total. The Labute approximate surface area is 142 Å². The van der Waals surface area contributed by atoms with Gasteiger partial charge in [-0.05, 0) is 31.2 Å². The molecule has 0 fully saturated rings. The van der Waals surface area contributed by atoms with Crippen LogP contribution in [0.2, 0.25) is 5.02 Å². The van der Waals surface area contributed by atoms with Crippen LogP contribution in [0.1, 0.15) is 16.2 Å². The van der Waals surface area contributed by atoms with Gasteiger partial charge in [0.1, 0.15) is 0 Å². The Bertz CT molecular complexity index is 672. The van der Waals surface area contributed by atoms with Crippen LogP contribution in [-0.2, 0) is 9.53 Å². The Morgan fingerprint density at radius 1 is 1.35 bits per heavy atom. The van der Waals surface area contributed by atoms with E-state index in [1.807, 2.05) is 24.3 Å². The van der Waals surface area contributed by atoms with Crippen molar-refractivity contribution in [2.45, 2.75) is 11.8 Å². The average Bonchev–Trinajstić information content (AvgIpc) is 2.97. The van der Waals surface area contributed by atoms with E-state index < -0.39 is 5.97 Å². The Morgan fingerprint density at radius 2 is 2.09 bits per heavy atom. The van der Waals surface area contributed by atoms with Crippen molar-refractivity contribution in [3.05, 3.63) is 46.8 Å². The van der Waals surface area contributed by atoms with Crippen molar-refractivity contribution in [1.82, 2.24) is 10.5 Å². The first kappa shape index (κ1) is 17.4. The van der Waals surface area contributed by atoms with Crippen molar-refractivity contribution in [2.24, 2.45) is 0 Å². The molecule has 1 heterocycles. The van der Waals surface area contributed by atoms with E-state index in [9.17, 15) is 9.59 Å². The molecule has 0 radical (unpaired) electrons. The van der Waals surface area contributed by atoms with Crippen molar-refractivity contribution in [3.63, 3.8) is 0 Å². The lowest BCUT2D eigenvalue weighted by Gasteiger charge is -2.05. The molecule has 0 saturated carbocycles. The summed E-state index contributed by atoms with van der Waals surface area (Å²) >= 11 is 7.39. The zero-order valence-corrected chi connectivity index (χ0v) is 13.9. The highest BCUT2D eigenvalue weighted by Gasteiger charge is 2.14. The van der Waals surface area contributed by atoms with E-state index in [0.29, 0.717) is 23.0 Å². The SMILES string of the molecule is Cc1cc(C(=O)OCC(=O)NCCSc2ccc(Cl)cc2)on1. The summed E-state index contributed by atoms with van der Waals surface area (Å²) < 4.78 is 9.57. The van der Waals surface area contributed by atoms with E-state index in [0.717, 1.165) is 4.90 Å². The molecule has 1 amide bonds. The number of rotatable bonds is 7. The molecule has 1 aromatic carbocycles. The Balaban J connectivity index is 1.61. The fourth-order valence-electron chi connectivity index (χ4n) is 1.60. The maximum absolute atomic E-state index is 11.6. The second kappa shape index (κ2) is 8.59. The van der Waals surface area contributed by atoms with Crippen molar-refractivity contribution < 1.29 is 18.8 Å². The standard InChI is InChI=1S/C15H15ClN2O4S/c1-10-8-13(22-18-10)15(20)21-9-14(19)17-6-7-23-12-4-2-11(16)3-5-12/h2-5,8H,6-7,9H2,1H3,(H,17,19). The first-order valence-electron chi connectivity index (χ1n) is 6.80. The van der Waals surface area contributed by atoms with E-state index in [1.54, 1.807) is 18.7 Å². The van der Waals surface area contributed by atoms with Crippen LogP contribution < -0.4 is 5.32 Å².